The summed E-state index contributed by atoms with van der Waals surface area (Å²) in [6.45, 7) is 0.0375. The van der Waals surface area contributed by atoms with Gasteiger partial charge < -0.3 is 15.2 Å². The first-order chi connectivity index (χ1) is 9.76. The molecule has 0 amide bonds. The predicted octanol–water partition coefficient (Wildman–Crippen LogP) is 3.56. The molecule has 106 valence electrons. The summed E-state index contributed by atoms with van der Waals surface area (Å²) in [4.78, 5) is 1.21. The van der Waals surface area contributed by atoms with Gasteiger partial charge in [-0.05, 0) is 36.1 Å². The third-order valence-electron chi connectivity index (χ3n) is 3.11. The Hall–Kier alpha value is -1.65. The van der Waals surface area contributed by atoms with Crippen LogP contribution in [0.15, 0.2) is 53.4 Å². The van der Waals surface area contributed by atoms with Crippen molar-refractivity contribution in [1.29, 1.82) is 0 Å². The number of ether oxygens (including phenoxy) is 1. The number of rotatable bonds is 6. The van der Waals surface area contributed by atoms with Gasteiger partial charge in [-0.25, -0.2) is 0 Å². The smallest absolute Gasteiger partial charge is 0.120 e. The maximum atomic E-state index is 9.59. The Kier molecular flexibility index (Phi) is 5.32. The lowest BCUT2D eigenvalue weighted by Gasteiger charge is -2.18. The molecule has 0 heterocycles. The fraction of sp³-hybridized carbons (Fsp3) is 0.250. The van der Waals surface area contributed by atoms with Gasteiger partial charge in [0.1, 0.15) is 5.75 Å². The number of aliphatic hydroxyl groups excluding tert-OH is 1. The maximum Gasteiger partial charge on any atom is 0.120 e. The zero-order chi connectivity index (χ0) is 14.4. The normalized spacial score (nSPS) is 11.9. The van der Waals surface area contributed by atoms with E-state index in [9.17, 15) is 5.11 Å². The van der Waals surface area contributed by atoms with Crippen LogP contribution < -0.4 is 10.1 Å². The molecule has 0 fully saturated rings. The second-order valence-corrected chi connectivity index (χ2v) is 5.26. The van der Waals surface area contributed by atoms with Gasteiger partial charge in [0.2, 0.25) is 0 Å². The summed E-state index contributed by atoms with van der Waals surface area (Å²) in [5.74, 6) is 0.796. The average molecular weight is 289 g/mol. The Labute approximate surface area is 124 Å². The van der Waals surface area contributed by atoms with Crippen LogP contribution >= 0.6 is 11.8 Å². The van der Waals surface area contributed by atoms with Crippen LogP contribution in [-0.4, -0.2) is 25.1 Å². The van der Waals surface area contributed by atoms with E-state index in [1.165, 1.54) is 4.90 Å². The van der Waals surface area contributed by atoms with Crippen LogP contribution in [0.1, 0.15) is 11.6 Å². The molecular weight excluding hydrogens is 270 g/mol. The fourth-order valence-electron chi connectivity index (χ4n) is 1.98. The summed E-state index contributed by atoms with van der Waals surface area (Å²) >= 11 is 1.71. The molecule has 0 spiro atoms. The highest BCUT2D eigenvalue weighted by Crippen LogP contribution is 2.24. The molecule has 0 aliphatic carbocycles. The van der Waals surface area contributed by atoms with Gasteiger partial charge in [0, 0.05) is 16.6 Å². The molecule has 0 aliphatic rings. The minimum absolute atomic E-state index is 0.0375. The summed E-state index contributed by atoms with van der Waals surface area (Å²) in [6, 6.07) is 15.8. The van der Waals surface area contributed by atoms with Crippen LogP contribution in [0.2, 0.25) is 0 Å². The van der Waals surface area contributed by atoms with Gasteiger partial charge in [-0.1, -0.05) is 18.2 Å². The lowest BCUT2D eigenvalue weighted by molar-refractivity contribution is 0.276. The highest BCUT2D eigenvalue weighted by Gasteiger charge is 2.10. The van der Waals surface area contributed by atoms with E-state index in [1.807, 2.05) is 42.7 Å². The van der Waals surface area contributed by atoms with Gasteiger partial charge in [-0.2, -0.15) is 0 Å². The molecule has 0 saturated carbocycles. The molecule has 2 aromatic rings. The van der Waals surface area contributed by atoms with E-state index in [0.717, 1.165) is 17.0 Å². The number of thioether (sulfide) groups is 1. The number of aliphatic hydroxyl groups is 1. The quantitative estimate of drug-likeness (QED) is 0.798. The Morgan fingerprint density at radius 1 is 1.20 bits per heavy atom. The van der Waals surface area contributed by atoms with Gasteiger partial charge in [0.25, 0.3) is 0 Å². The molecular formula is C16H19NO2S. The van der Waals surface area contributed by atoms with Gasteiger partial charge in [-0.15, -0.1) is 11.8 Å². The number of nitrogens with one attached hydrogen (secondary N) is 1. The molecule has 0 aromatic heterocycles. The summed E-state index contributed by atoms with van der Waals surface area (Å²) in [7, 11) is 1.64. The van der Waals surface area contributed by atoms with E-state index < -0.39 is 0 Å². The fourth-order valence-corrected chi connectivity index (χ4v) is 2.39. The molecule has 0 aliphatic heterocycles. The van der Waals surface area contributed by atoms with E-state index in [0.29, 0.717) is 0 Å². The van der Waals surface area contributed by atoms with Crippen LogP contribution in [0.3, 0.4) is 0 Å². The second kappa shape index (κ2) is 7.22. The van der Waals surface area contributed by atoms with Crippen LogP contribution in [0, 0.1) is 0 Å². The van der Waals surface area contributed by atoms with Crippen molar-refractivity contribution in [2.24, 2.45) is 0 Å². The number of anilines is 1. The highest BCUT2D eigenvalue weighted by molar-refractivity contribution is 7.98. The second-order valence-electron chi connectivity index (χ2n) is 4.38. The van der Waals surface area contributed by atoms with Gasteiger partial charge >= 0.3 is 0 Å². The topological polar surface area (TPSA) is 41.5 Å². The maximum absolute atomic E-state index is 9.59. The Morgan fingerprint density at radius 3 is 2.55 bits per heavy atom. The first-order valence-corrected chi connectivity index (χ1v) is 7.64. The first-order valence-electron chi connectivity index (χ1n) is 6.42. The zero-order valence-corrected chi connectivity index (χ0v) is 12.5. The van der Waals surface area contributed by atoms with Crippen LogP contribution in [-0.2, 0) is 0 Å². The van der Waals surface area contributed by atoms with Crippen molar-refractivity contribution in [3.63, 3.8) is 0 Å². The van der Waals surface area contributed by atoms with E-state index in [4.69, 9.17) is 4.74 Å². The van der Waals surface area contributed by atoms with Crippen molar-refractivity contribution < 1.29 is 9.84 Å². The molecule has 0 saturated heterocycles. The predicted molar refractivity (Wildman–Crippen MR) is 84.7 cm³/mol. The molecule has 1 atom stereocenters. The minimum atomic E-state index is -0.127. The van der Waals surface area contributed by atoms with E-state index in [2.05, 4.69) is 17.4 Å². The summed E-state index contributed by atoms with van der Waals surface area (Å²) in [5, 5.41) is 12.9. The first kappa shape index (κ1) is 14.8. The SMILES string of the molecule is COc1cccc(NC(CO)c2ccc(SC)cc2)c1. The lowest BCUT2D eigenvalue weighted by Crippen LogP contribution is -2.14. The van der Waals surface area contributed by atoms with Crippen LogP contribution in [0.5, 0.6) is 5.75 Å². The third-order valence-corrected chi connectivity index (χ3v) is 3.85. The van der Waals surface area contributed by atoms with E-state index >= 15 is 0 Å². The van der Waals surface area contributed by atoms with Crippen molar-refractivity contribution in [2.45, 2.75) is 10.9 Å². The largest absolute Gasteiger partial charge is 0.497 e. The summed E-state index contributed by atoms with van der Waals surface area (Å²) in [6.07, 6.45) is 2.05. The molecule has 2 aromatic carbocycles. The van der Waals surface area contributed by atoms with E-state index in [1.54, 1.807) is 18.9 Å². The third kappa shape index (κ3) is 3.68. The van der Waals surface area contributed by atoms with Gasteiger partial charge in [-0.3, -0.25) is 0 Å². The Balaban J connectivity index is 2.14. The number of hydrogen-bond acceptors (Lipinski definition) is 4. The molecule has 1 unspecified atom stereocenters. The minimum Gasteiger partial charge on any atom is -0.497 e. The molecule has 0 bridgehead atoms. The summed E-state index contributed by atoms with van der Waals surface area (Å²) in [5.41, 5.74) is 1.99. The highest BCUT2D eigenvalue weighted by atomic mass is 32.2. The molecule has 20 heavy (non-hydrogen) atoms. The van der Waals surface area contributed by atoms with Gasteiger partial charge in [0.05, 0.1) is 19.8 Å². The number of hydrogen-bond donors (Lipinski definition) is 2. The monoisotopic (exact) mass is 289 g/mol. The standard InChI is InChI=1S/C16H19NO2S/c1-19-14-5-3-4-13(10-14)17-16(11-18)12-6-8-15(20-2)9-7-12/h3-10,16-18H,11H2,1-2H3. The van der Waals surface area contributed by atoms with Crippen LogP contribution in [0.25, 0.3) is 0 Å². The lowest BCUT2D eigenvalue weighted by atomic mass is 10.1. The molecule has 2 rings (SSSR count). The summed E-state index contributed by atoms with van der Waals surface area (Å²) < 4.78 is 5.20. The zero-order valence-electron chi connectivity index (χ0n) is 11.7. The van der Waals surface area contributed by atoms with Crippen molar-refractivity contribution in [2.75, 3.05) is 25.3 Å². The number of methoxy groups -OCH3 is 1. The van der Waals surface area contributed by atoms with E-state index in [-0.39, 0.29) is 12.6 Å². The molecule has 4 heteroatoms. The van der Waals surface area contributed by atoms with Crippen molar-refractivity contribution in [3.8, 4) is 5.75 Å². The van der Waals surface area contributed by atoms with Crippen molar-refractivity contribution in [1.82, 2.24) is 0 Å². The Morgan fingerprint density at radius 2 is 1.95 bits per heavy atom. The van der Waals surface area contributed by atoms with Gasteiger partial charge in [0.15, 0.2) is 0 Å². The van der Waals surface area contributed by atoms with Crippen molar-refractivity contribution in [3.05, 3.63) is 54.1 Å². The molecule has 2 N–H and O–H groups in total. The van der Waals surface area contributed by atoms with Crippen molar-refractivity contribution >= 4 is 17.4 Å². The molecule has 0 radical (unpaired) electrons. The molecule has 3 nitrogen and oxygen atoms in total. The number of benzene rings is 2. The van der Waals surface area contributed by atoms with Crippen LogP contribution in [0.4, 0.5) is 5.69 Å². The Bertz CT molecular complexity index is 542. The average Bonchev–Trinajstić information content (AvgIpc) is 2.53.